The summed E-state index contributed by atoms with van der Waals surface area (Å²) in [5.41, 5.74) is 6.48. The minimum absolute atomic E-state index is 0.249. The molecule has 1 aromatic heterocycles. The molecule has 1 saturated heterocycles. The van der Waals surface area contributed by atoms with Crippen LogP contribution in [0.5, 0.6) is 0 Å². The van der Waals surface area contributed by atoms with Crippen LogP contribution in [0.15, 0.2) is 6.20 Å². The number of nitrogens with zero attached hydrogens (tertiary/aromatic N) is 3. The van der Waals surface area contributed by atoms with Crippen molar-refractivity contribution in [3.63, 3.8) is 0 Å². The lowest BCUT2D eigenvalue weighted by Crippen LogP contribution is -2.39. The zero-order valence-electron chi connectivity index (χ0n) is 11.5. The summed E-state index contributed by atoms with van der Waals surface area (Å²) in [5.74, 6) is 0.948. The van der Waals surface area contributed by atoms with E-state index in [1.54, 1.807) is 6.20 Å². The fourth-order valence-electron chi connectivity index (χ4n) is 2.35. The number of nitrogens with one attached hydrogen (secondary N) is 1. The van der Waals surface area contributed by atoms with Crippen LogP contribution in [0, 0.1) is 6.92 Å². The van der Waals surface area contributed by atoms with Crippen molar-refractivity contribution in [1.29, 1.82) is 0 Å². The SMILES string of the molecule is Cc1cnc(N)nc1NC[C@@H](O)CN1CCCCC1. The normalized spacial score (nSPS) is 18.2. The number of aryl methyl sites for hydroxylation is 1. The Balaban J connectivity index is 1.79. The van der Waals surface area contributed by atoms with E-state index in [4.69, 9.17) is 5.73 Å². The molecule has 1 fully saturated rings. The van der Waals surface area contributed by atoms with E-state index in [0.29, 0.717) is 18.9 Å². The number of aliphatic hydroxyl groups is 1. The van der Waals surface area contributed by atoms with Crippen molar-refractivity contribution in [2.75, 3.05) is 37.2 Å². The molecule has 1 atom stereocenters. The highest BCUT2D eigenvalue weighted by Gasteiger charge is 2.14. The topological polar surface area (TPSA) is 87.3 Å². The van der Waals surface area contributed by atoms with Gasteiger partial charge in [0.25, 0.3) is 0 Å². The van der Waals surface area contributed by atoms with Gasteiger partial charge < -0.3 is 21.1 Å². The van der Waals surface area contributed by atoms with Gasteiger partial charge in [0.1, 0.15) is 5.82 Å². The fraction of sp³-hybridized carbons (Fsp3) is 0.692. The molecule has 0 amide bonds. The van der Waals surface area contributed by atoms with Gasteiger partial charge in [-0.05, 0) is 32.9 Å². The molecule has 2 heterocycles. The van der Waals surface area contributed by atoms with Crippen LogP contribution >= 0.6 is 0 Å². The number of piperidine rings is 1. The molecule has 1 aliphatic rings. The number of likely N-dealkylation sites (tertiary alicyclic amines) is 1. The van der Waals surface area contributed by atoms with Crippen molar-refractivity contribution in [3.8, 4) is 0 Å². The van der Waals surface area contributed by atoms with Gasteiger partial charge in [-0.15, -0.1) is 0 Å². The van der Waals surface area contributed by atoms with Crippen molar-refractivity contribution < 1.29 is 5.11 Å². The van der Waals surface area contributed by atoms with E-state index in [1.807, 2.05) is 6.92 Å². The lowest BCUT2D eigenvalue weighted by Gasteiger charge is -2.28. The highest BCUT2D eigenvalue weighted by atomic mass is 16.3. The number of hydrogen-bond acceptors (Lipinski definition) is 6. The van der Waals surface area contributed by atoms with Gasteiger partial charge >= 0.3 is 0 Å². The first-order chi connectivity index (χ1) is 9.15. The summed E-state index contributed by atoms with van der Waals surface area (Å²) in [7, 11) is 0. The average molecular weight is 265 g/mol. The lowest BCUT2D eigenvalue weighted by molar-refractivity contribution is 0.109. The third kappa shape index (κ3) is 4.33. The van der Waals surface area contributed by atoms with Crippen molar-refractivity contribution in [2.24, 2.45) is 0 Å². The number of nitrogen functional groups attached to an aromatic ring is 1. The second kappa shape index (κ2) is 6.68. The summed E-state index contributed by atoms with van der Waals surface area (Å²) in [5, 5.41) is 13.2. The summed E-state index contributed by atoms with van der Waals surface area (Å²) < 4.78 is 0. The molecule has 0 radical (unpaired) electrons. The second-order valence-electron chi connectivity index (χ2n) is 5.16. The van der Waals surface area contributed by atoms with E-state index in [2.05, 4.69) is 20.2 Å². The van der Waals surface area contributed by atoms with E-state index in [9.17, 15) is 5.11 Å². The van der Waals surface area contributed by atoms with Gasteiger partial charge in [0.2, 0.25) is 5.95 Å². The van der Waals surface area contributed by atoms with Gasteiger partial charge in [0.05, 0.1) is 6.10 Å². The Kier molecular flexibility index (Phi) is 4.93. The third-order valence-electron chi connectivity index (χ3n) is 3.41. The first kappa shape index (κ1) is 14.0. The van der Waals surface area contributed by atoms with Gasteiger partial charge in [-0.2, -0.15) is 4.98 Å². The summed E-state index contributed by atoms with van der Waals surface area (Å²) in [6.07, 6.45) is 5.07. The Morgan fingerprint density at radius 2 is 2.16 bits per heavy atom. The Morgan fingerprint density at radius 3 is 2.89 bits per heavy atom. The van der Waals surface area contributed by atoms with Crippen LogP contribution in [0.2, 0.25) is 0 Å². The standard InChI is InChI=1S/C13H23N5O/c1-10-7-16-13(14)17-12(10)15-8-11(19)9-18-5-3-2-4-6-18/h7,11,19H,2-6,8-9H2,1H3,(H3,14,15,16,17)/t11-/m1/s1. The minimum atomic E-state index is -0.395. The van der Waals surface area contributed by atoms with Gasteiger partial charge in [-0.1, -0.05) is 6.42 Å². The predicted molar refractivity (Wildman–Crippen MR) is 76.0 cm³/mol. The number of nitrogens with two attached hydrogens (primary N) is 1. The molecule has 6 heteroatoms. The molecule has 0 bridgehead atoms. The van der Waals surface area contributed by atoms with Crippen molar-refractivity contribution in [3.05, 3.63) is 11.8 Å². The Morgan fingerprint density at radius 1 is 1.42 bits per heavy atom. The third-order valence-corrected chi connectivity index (χ3v) is 3.41. The highest BCUT2D eigenvalue weighted by Crippen LogP contribution is 2.12. The quantitative estimate of drug-likeness (QED) is 0.723. The number of β-amino-alcohol motifs (C(OH)–C–C–N with tert-alkyl or cyclic N) is 1. The first-order valence-corrected chi connectivity index (χ1v) is 6.88. The molecule has 4 N–H and O–H groups in total. The number of anilines is 2. The smallest absolute Gasteiger partial charge is 0.221 e. The van der Waals surface area contributed by atoms with Crippen LogP contribution in [0.1, 0.15) is 24.8 Å². The van der Waals surface area contributed by atoms with Crippen LogP contribution in [-0.2, 0) is 0 Å². The molecular formula is C13H23N5O. The number of aromatic nitrogens is 2. The monoisotopic (exact) mass is 265 g/mol. The van der Waals surface area contributed by atoms with Gasteiger partial charge in [-0.3, -0.25) is 0 Å². The molecule has 2 rings (SSSR count). The number of rotatable bonds is 5. The lowest BCUT2D eigenvalue weighted by atomic mass is 10.1. The zero-order valence-corrected chi connectivity index (χ0v) is 11.5. The molecule has 19 heavy (non-hydrogen) atoms. The molecule has 0 unspecified atom stereocenters. The largest absolute Gasteiger partial charge is 0.390 e. The van der Waals surface area contributed by atoms with Crippen molar-refractivity contribution in [1.82, 2.24) is 14.9 Å². The van der Waals surface area contributed by atoms with E-state index in [0.717, 1.165) is 18.7 Å². The Hall–Kier alpha value is -1.40. The maximum absolute atomic E-state index is 10.0. The molecule has 6 nitrogen and oxygen atoms in total. The van der Waals surface area contributed by atoms with Crippen LogP contribution in [-0.4, -0.2) is 52.3 Å². The maximum Gasteiger partial charge on any atom is 0.221 e. The van der Waals surface area contributed by atoms with E-state index >= 15 is 0 Å². The summed E-state index contributed by atoms with van der Waals surface area (Å²) in [4.78, 5) is 10.4. The van der Waals surface area contributed by atoms with Gasteiger partial charge in [0.15, 0.2) is 0 Å². The van der Waals surface area contributed by atoms with Gasteiger partial charge in [0, 0.05) is 24.8 Å². The van der Waals surface area contributed by atoms with E-state index in [1.165, 1.54) is 19.3 Å². The molecule has 106 valence electrons. The number of aliphatic hydroxyl groups excluding tert-OH is 1. The molecule has 0 saturated carbocycles. The van der Waals surface area contributed by atoms with Crippen molar-refractivity contribution in [2.45, 2.75) is 32.3 Å². The first-order valence-electron chi connectivity index (χ1n) is 6.88. The summed E-state index contributed by atoms with van der Waals surface area (Å²) in [6, 6.07) is 0. The van der Waals surface area contributed by atoms with Crippen LogP contribution in [0.4, 0.5) is 11.8 Å². The van der Waals surface area contributed by atoms with E-state index < -0.39 is 6.10 Å². The van der Waals surface area contributed by atoms with Gasteiger partial charge in [-0.25, -0.2) is 4.98 Å². The minimum Gasteiger partial charge on any atom is -0.390 e. The average Bonchev–Trinajstić information content (AvgIpc) is 2.41. The molecular weight excluding hydrogens is 242 g/mol. The zero-order chi connectivity index (χ0) is 13.7. The maximum atomic E-state index is 10.0. The molecule has 0 aliphatic carbocycles. The second-order valence-corrected chi connectivity index (χ2v) is 5.16. The Bertz CT molecular complexity index is 406. The summed E-state index contributed by atoms with van der Waals surface area (Å²) >= 11 is 0. The Labute approximate surface area is 114 Å². The molecule has 1 aliphatic heterocycles. The summed E-state index contributed by atoms with van der Waals surface area (Å²) in [6.45, 7) is 5.30. The predicted octanol–water partition coefficient (Wildman–Crippen LogP) is 0.626. The molecule has 0 aromatic carbocycles. The number of hydrogen-bond donors (Lipinski definition) is 3. The highest BCUT2D eigenvalue weighted by molar-refractivity contribution is 5.45. The fourth-order valence-corrected chi connectivity index (χ4v) is 2.35. The van der Waals surface area contributed by atoms with Crippen LogP contribution < -0.4 is 11.1 Å². The van der Waals surface area contributed by atoms with Crippen LogP contribution in [0.3, 0.4) is 0 Å². The molecule has 1 aromatic rings. The molecule has 0 spiro atoms. The van der Waals surface area contributed by atoms with E-state index in [-0.39, 0.29) is 5.95 Å². The van der Waals surface area contributed by atoms with Crippen molar-refractivity contribution >= 4 is 11.8 Å². The van der Waals surface area contributed by atoms with Crippen LogP contribution in [0.25, 0.3) is 0 Å².